The summed E-state index contributed by atoms with van der Waals surface area (Å²) in [6.07, 6.45) is 55.9. The maximum absolute atomic E-state index is 13.1. The summed E-state index contributed by atoms with van der Waals surface area (Å²) in [6, 6.07) is 0. The average molecular weight is 1450 g/mol. The van der Waals surface area contributed by atoms with Crippen LogP contribution in [0.15, 0.2) is 0 Å². The van der Waals surface area contributed by atoms with Crippen molar-refractivity contribution in [1.82, 2.24) is 0 Å². The molecular weight excluding hydrogens is 1290 g/mol. The summed E-state index contributed by atoms with van der Waals surface area (Å²) in [7, 11) is -9.92. The van der Waals surface area contributed by atoms with E-state index in [2.05, 4.69) is 55.4 Å². The van der Waals surface area contributed by atoms with E-state index in [0.717, 1.165) is 114 Å². The summed E-state index contributed by atoms with van der Waals surface area (Å²) in [5.74, 6) is 0.911. The number of hydrogen-bond donors (Lipinski definition) is 3. The van der Waals surface area contributed by atoms with Crippen molar-refractivity contribution in [2.24, 2.45) is 23.7 Å². The van der Waals surface area contributed by atoms with Gasteiger partial charge < -0.3 is 33.8 Å². The Bertz CT molecular complexity index is 1940. The number of phosphoric ester groups is 2. The van der Waals surface area contributed by atoms with E-state index >= 15 is 0 Å². The van der Waals surface area contributed by atoms with Crippen LogP contribution in [0, 0.1) is 23.7 Å². The van der Waals surface area contributed by atoms with Crippen LogP contribution in [0.3, 0.4) is 0 Å². The first-order chi connectivity index (χ1) is 47.6. The van der Waals surface area contributed by atoms with E-state index in [1.54, 1.807) is 0 Å². The van der Waals surface area contributed by atoms with E-state index < -0.39 is 97.5 Å². The number of ether oxygens (including phenoxy) is 4. The molecule has 0 aromatic carbocycles. The first-order valence-corrected chi connectivity index (χ1v) is 44.2. The van der Waals surface area contributed by atoms with Gasteiger partial charge >= 0.3 is 39.5 Å². The normalized spacial score (nSPS) is 14.3. The lowest BCUT2D eigenvalue weighted by Gasteiger charge is -2.21. The van der Waals surface area contributed by atoms with Crippen LogP contribution < -0.4 is 0 Å². The molecule has 0 amide bonds. The molecule has 0 heterocycles. The number of phosphoric acid groups is 2. The number of rotatable bonds is 77. The van der Waals surface area contributed by atoms with Gasteiger partial charge in [0.25, 0.3) is 0 Å². The van der Waals surface area contributed by atoms with Crippen LogP contribution in [0.1, 0.15) is 409 Å². The molecule has 99 heavy (non-hydrogen) atoms. The van der Waals surface area contributed by atoms with Gasteiger partial charge in [-0.2, -0.15) is 0 Å². The highest BCUT2D eigenvalue weighted by Crippen LogP contribution is 2.45. The number of aliphatic hydroxyl groups excluding tert-OH is 1. The number of aliphatic hydroxyl groups is 1. The van der Waals surface area contributed by atoms with Crippen molar-refractivity contribution in [3.05, 3.63) is 0 Å². The Kier molecular flexibility index (Phi) is 67.8. The second-order valence-corrected chi connectivity index (χ2v) is 33.4. The van der Waals surface area contributed by atoms with Crippen LogP contribution in [0.4, 0.5) is 0 Å². The zero-order valence-corrected chi connectivity index (χ0v) is 66.9. The molecule has 0 aliphatic carbocycles. The maximum Gasteiger partial charge on any atom is 0.472 e. The lowest BCUT2D eigenvalue weighted by Crippen LogP contribution is -2.30. The highest BCUT2D eigenvalue weighted by molar-refractivity contribution is 7.47. The molecule has 3 unspecified atom stereocenters. The standard InChI is InChI=1S/C80H156O17P2/c1-9-73(8)59-51-43-37-39-45-53-61-78(83)91-67-76(97-80(85)63-55-47-38-36-42-50-58-72(6)7)69-95-99(88,89)93-65-74(81)64-92-98(86,87)94-68-75(66-90-77(82)60-52-44-34-30-26-22-18-15-14-17-21-25-29-33-41-49-57-71(4)5)96-79(84)62-54-46-35-31-27-23-19-13-11-10-12-16-20-24-28-32-40-48-56-70(2)3/h70-76,81H,9-69H2,1-8H3,(H,86,87)(H,88,89)/t73?,74-,75-,76-/m1/s1. The van der Waals surface area contributed by atoms with Gasteiger partial charge in [-0.05, 0) is 49.4 Å². The Morgan fingerprint density at radius 3 is 0.717 bits per heavy atom. The summed E-state index contributed by atoms with van der Waals surface area (Å²) >= 11 is 0. The smallest absolute Gasteiger partial charge is 0.462 e. The van der Waals surface area contributed by atoms with Crippen molar-refractivity contribution in [2.75, 3.05) is 39.6 Å². The van der Waals surface area contributed by atoms with E-state index in [1.165, 1.54) is 205 Å². The number of hydrogen-bond acceptors (Lipinski definition) is 15. The van der Waals surface area contributed by atoms with Gasteiger partial charge in [-0.25, -0.2) is 9.13 Å². The fraction of sp³-hybridized carbons (Fsp3) is 0.950. The minimum atomic E-state index is -4.96. The van der Waals surface area contributed by atoms with Crippen LogP contribution >= 0.6 is 15.6 Å². The van der Waals surface area contributed by atoms with Crippen LogP contribution in [0.5, 0.6) is 0 Å². The summed E-state index contributed by atoms with van der Waals surface area (Å²) in [5.41, 5.74) is 0. The van der Waals surface area contributed by atoms with Crippen LogP contribution in [0.2, 0.25) is 0 Å². The third kappa shape index (κ3) is 72.8. The van der Waals surface area contributed by atoms with E-state index in [1.807, 2.05) is 0 Å². The first-order valence-electron chi connectivity index (χ1n) is 41.2. The van der Waals surface area contributed by atoms with Crippen molar-refractivity contribution in [1.29, 1.82) is 0 Å². The number of unbranched alkanes of at least 4 members (excludes halogenated alkanes) is 42. The van der Waals surface area contributed by atoms with Crippen LogP contribution in [-0.2, 0) is 65.4 Å². The van der Waals surface area contributed by atoms with Crippen molar-refractivity contribution in [2.45, 2.75) is 427 Å². The highest BCUT2D eigenvalue weighted by atomic mass is 31.2. The SMILES string of the molecule is CCC(C)CCCCCCCCC(=O)OC[C@H](COP(=O)(O)OC[C@H](O)COP(=O)(O)OC[C@@H](COC(=O)CCCCCCCCCCCCCCCCCCC(C)C)OC(=O)CCCCCCCCCCCCCCCCCCCCC(C)C)OC(=O)CCCCCCCCC(C)C. The van der Waals surface area contributed by atoms with Gasteiger partial charge in [0.05, 0.1) is 26.4 Å². The van der Waals surface area contributed by atoms with Crippen molar-refractivity contribution < 1.29 is 80.2 Å². The Morgan fingerprint density at radius 2 is 0.485 bits per heavy atom. The quantitative estimate of drug-likeness (QED) is 0.0222. The lowest BCUT2D eigenvalue weighted by molar-refractivity contribution is -0.161. The molecule has 0 aromatic rings. The molecular formula is C80H156O17P2. The van der Waals surface area contributed by atoms with Crippen molar-refractivity contribution in [3.63, 3.8) is 0 Å². The summed E-state index contributed by atoms with van der Waals surface area (Å²) in [5, 5.41) is 10.6. The van der Waals surface area contributed by atoms with Gasteiger partial charge in [0, 0.05) is 25.7 Å². The number of carbonyl (C=O) groups excluding carboxylic acids is 4. The second-order valence-electron chi connectivity index (χ2n) is 30.5. The molecule has 0 bridgehead atoms. The lowest BCUT2D eigenvalue weighted by atomic mass is 10.00. The van der Waals surface area contributed by atoms with Gasteiger partial charge in [0.15, 0.2) is 12.2 Å². The van der Waals surface area contributed by atoms with Crippen molar-refractivity contribution in [3.8, 4) is 0 Å². The molecule has 0 saturated heterocycles. The summed E-state index contributed by atoms with van der Waals surface area (Å²) < 4.78 is 68.6. The predicted molar refractivity (Wildman–Crippen MR) is 404 cm³/mol. The van der Waals surface area contributed by atoms with Gasteiger partial charge in [0.2, 0.25) is 0 Å². The highest BCUT2D eigenvalue weighted by Gasteiger charge is 2.30. The van der Waals surface area contributed by atoms with Gasteiger partial charge in [-0.15, -0.1) is 0 Å². The molecule has 19 heteroatoms. The molecule has 0 aliphatic heterocycles. The molecule has 6 atom stereocenters. The predicted octanol–water partition coefficient (Wildman–Crippen LogP) is 23.6. The van der Waals surface area contributed by atoms with Crippen molar-refractivity contribution >= 4 is 39.5 Å². The van der Waals surface area contributed by atoms with E-state index in [9.17, 15) is 43.2 Å². The Hall–Kier alpha value is -1.94. The second kappa shape index (κ2) is 69.1. The topological polar surface area (TPSA) is 237 Å². The molecule has 17 nitrogen and oxygen atoms in total. The van der Waals surface area contributed by atoms with Crippen LogP contribution in [-0.4, -0.2) is 96.7 Å². The zero-order chi connectivity index (χ0) is 73.1. The summed E-state index contributed by atoms with van der Waals surface area (Å²) in [6.45, 7) is 14.2. The molecule has 0 radical (unpaired) electrons. The third-order valence-electron chi connectivity index (χ3n) is 18.9. The first kappa shape index (κ1) is 97.1. The monoisotopic (exact) mass is 1450 g/mol. The molecule has 0 fully saturated rings. The van der Waals surface area contributed by atoms with Crippen LogP contribution in [0.25, 0.3) is 0 Å². The van der Waals surface area contributed by atoms with Gasteiger partial charge in [-0.1, -0.05) is 357 Å². The fourth-order valence-electron chi connectivity index (χ4n) is 12.2. The number of esters is 4. The van der Waals surface area contributed by atoms with E-state index in [0.29, 0.717) is 31.6 Å². The average Bonchev–Trinajstić information content (AvgIpc) is 0.990. The largest absolute Gasteiger partial charge is 0.472 e. The Morgan fingerprint density at radius 1 is 0.283 bits per heavy atom. The molecule has 0 rings (SSSR count). The fourth-order valence-corrected chi connectivity index (χ4v) is 13.8. The third-order valence-corrected chi connectivity index (χ3v) is 20.8. The summed E-state index contributed by atoms with van der Waals surface area (Å²) in [4.78, 5) is 72.8. The number of carbonyl (C=O) groups is 4. The molecule has 0 aromatic heterocycles. The Balaban J connectivity index is 5.18. The molecule has 0 aliphatic rings. The van der Waals surface area contributed by atoms with E-state index in [4.69, 9.17) is 37.0 Å². The van der Waals surface area contributed by atoms with Gasteiger partial charge in [0.1, 0.15) is 19.3 Å². The molecule has 3 N–H and O–H groups in total. The van der Waals surface area contributed by atoms with Gasteiger partial charge in [-0.3, -0.25) is 37.3 Å². The zero-order valence-electron chi connectivity index (χ0n) is 65.1. The minimum Gasteiger partial charge on any atom is -0.462 e. The Labute approximate surface area is 607 Å². The maximum atomic E-state index is 13.1. The molecule has 588 valence electrons. The minimum absolute atomic E-state index is 0.101. The van der Waals surface area contributed by atoms with E-state index in [-0.39, 0.29) is 25.7 Å². The molecule has 0 spiro atoms. The molecule has 0 saturated carbocycles.